The van der Waals surface area contributed by atoms with Crippen LogP contribution in [0.15, 0.2) is 17.1 Å². The molecule has 86 valence electrons. The molecule has 16 heavy (non-hydrogen) atoms. The van der Waals surface area contributed by atoms with E-state index in [4.69, 9.17) is 17.0 Å². The van der Waals surface area contributed by atoms with Crippen LogP contribution in [0.4, 0.5) is 0 Å². The summed E-state index contributed by atoms with van der Waals surface area (Å²) in [6.07, 6.45) is 5.59. The average molecular weight is 238 g/mol. The maximum atomic E-state index is 11.1. The molecule has 2 aliphatic rings. The van der Waals surface area contributed by atoms with Crippen molar-refractivity contribution in [3.63, 3.8) is 0 Å². The molecule has 1 saturated heterocycles. The van der Waals surface area contributed by atoms with Crippen LogP contribution in [0.5, 0.6) is 0 Å². The van der Waals surface area contributed by atoms with Gasteiger partial charge in [-0.1, -0.05) is 0 Å². The lowest BCUT2D eigenvalue weighted by Crippen LogP contribution is -2.24. The van der Waals surface area contributed by atoms with Gasteiger partial charge in [-0.2, -0.15) is 0 Å². The minimum atomic E-state index is -0.136. The van der Waals surface area contributed by atoms with Gasteiger partial charge in [0.15, 0.2) is 4.77 Å². The largest absolute Gasteiger partial charge is 0.376 e. The van der Waals surface area contributed by atoms with Crippen LogP contribution in [0.1, 0.15) is 25.3 Å². The monoisotopic (exact) mass is 238 g/mol. The van der Waals surface area contributed by atoms with Crippen molar-refractivity contribution in [1.29, 1.82) is 0 Å². The smallest absolute Gasteiger partial charge is 0.251 e. The fourth-order valence-electron chi connectivity index (χ4n) is 2.46. The maximum absolute atomic E-state index is 11.1. The Labute approximate surface area is 98.3 Å². The number of hydrogen-bond donors (Lipinski definition) is 1. The van der Waals surface area contributed by atoms with E-state index in [1.165, 1.54) is 18.9 Å². The Morgan fingerprint density at radius 3 is 2.94 bits per heavy atom. The molecule has 5 heteroatoms. The Balaban J connectivity index is 1.95. The molecule has 2 fully saturated rings. The summed E-state index contributed by atoms with van der Waals surface area (Å²) in [5.41, 5.74) is -0.136. The van der Waals surface area contributed by atoms with Crippen molar-refractivity contribution in [3.8, 4) is 0 Å². The van der Waals surface area contributed by atoms with Gasteiger partial charge in [-0.3, -0.25) is 9.78 Å². The Hall–Kier alpha value is -0.940. The van der Waals surface area contributed by atoms with Crippen molar-refractivity contribution in [2.75, 3.05) is 6.61 Å². The number of hydrogen-bond acceptors (Lipinski definition) is 3. The molecule has 1 N–H and O–H groups in total. The van der Waals surface area contributed by atoms with Crippen LogP contribution in [0.2, 0.25) is 0 Å². The van der Waals surface area contributed by atoms with E-state index < -0.39 is 0 Å². The standard InChI is InChI=1S/C11H14N2O2S/c14-9-3-5-13(11(16)12-9)8-4-6-15-10(8)7-1-2-7/h3,5,7-8,10H,1-2,4,6H2,(H,12,14,16). The second-order valence-corrected chi connectivity index (χ2v) is 4.93. The van der Waals surface area contributed by atoms with Gasteiger partial charge in [0.05, 0.1) is 12.1 Å². The van der Waals surface area contributed by atoms with Gasteiger partial charge in [-0.05, 0) is 37.4 Å². The summed E-state index contributed by atoms with van der Waals surface area (Å²) in [5.74, 6) is 0.696. The molecule has 2 atom stereocenters. The Bertz CT molecular complexity index is 503. The molecule has 0 spiro atoms. The van der Waals surface area contributed by atoms with Crippen molar-refractivity contribution in [2.24, 2.45) is 5.92 Å². The zero-order chi connectivity index (χ0) is 11.1. The predicted molar refractivity (Wildman–Crippen MR) is 62.0 cm³/mol. The number of nitrogens with zero attached hydrogens (tertiary/aromatic N) is 1. The van der Waals surface area contributed by atoms with Gasteiger partial charge in [0.1, 0.15) is 0 Å². The lowest BCUT2D eigenvalue weighted by Gasteiger charge is -2.20. The molecule has 1 aromatic heterocycles. The lowest BCUT2D eigenvalue weighted by atomic mass is 10.1. The molecule has 2 unspecified atom stereocenters. The molecule has 0 aromatic carbocycles. The van der Waals surface area contributed by atoms with Crippen molar-refractivity contribution >= 4 is 12.2 Å². The summed E-state index contributed by atoms with van der Waals surface area (Å²) in [5, 5.41) is 0. The molecule has 1 aliphatic heterocycles. The van der Waals surface area contributed by atoms with E-state index >= 15 is 0 Å². The second kappa shape index (κ2) is 3.82. The van der Waals surface area contributed by atoms with Crippen LogP contribution in [0.3, 0.4) is 0 Å². The molecular weight excluding hydrogens is 224 g/mol. The molecule has 1 aromatic rings. The van der Waals surface area contributed by atoms with Crippen molar-refractivity contribution in [3.05, 3.63) is 27.4 Å². The molecule has 1 aliphatic carbocycles. The maximum Gasteiger partial charge on any atom is 0.251 e. The number of ether oxygens (including phenoxy) is 1. The number of aromatic amines is 1. The third-order valence-corrected chi connectivity index (χ3v) is 3.71. The topological polar surface area (TPSA) is 47.0 Å². The number of H-pyrrole nitrogens is 1. The Morgan fingerprint density at radius 2 is 2.25 bits per heavy atom. The van der Waals surface area contributed by atoms with Crippen LogP contribution >= 0.6 is 12.2 Å². The highest BCUT2D eigenvalue weighted by Gasteiger charge is 2.41. The molecule has 0 bridgehead atoms. The van der Waals surface area contributed by atoms with Crippen LogP contribution in [0, 0.1) is 10.7 Å². The van der Waals surface area contributed by atoms with E-state index in [1.807, 2.05) is 4.57 Å². The number of nitrogens with one attached hydrogen (secondary N) is 1. The van der Waals surface area contributed by atoms with Crippen LogP contribution in [-0.4, -0.2) is 22.3 Å². The summed E-state index contributed by atoms with van der Waals surface area (Å²) in [7, 11) is 0. The van der Waals surface area contributed by atoms with E-state index in [-0.39, 0.29) is 11.7 Å². The number of rotatable bonds is 2. The minimum Gasteiger partial charge on any atom is -0.376 e. The Kier molecular flexibility index (Phi) is 2.44. The molecule has 0 amide bonds. The fraction of sp³-hybridized carbons (Fsp3) is 0.636. The van der Waals surface area contributed by atoms with E-state index in [9.17, 15) is 4.79 Å². The first-order chi connectivity index (χ1) is 7.75. The minimum absolute atomic E-state index is 0.136. The van der Waals surface area contributed by atoms with Gasteiger partial charge in [-0.25, -0.2) is 0 Å². The summed E-state index contributed by atoms with van der Waals surface area (Å²) < 4.78 is 8.26. The van der Waals surface area contributed by atoms with Gasteiger partial charge in [0.2, 0.25) is 0 Å². The van der Waals surface area contributed by atoms with E-state index in [0.717, 1.165) is 13.0 Å². The summed E-state index contributed by atoms with van der Waals surface area (Å²) in [6, 6.07) is 1.83. The molecule has 4 nitrogen and oxygen atoms in total. The molecule has 0 radical (unpaired) electrons. The highest BCUT2D eigenvalue weighted by molar-refractivity contribution is 7.71. The predicted octanol–water partition coefficient (Wildman–Crippen LogP) is 1.65. The van der Waals surface area contributed by atoms with E-state index in [0.29, 0.717) is 16.7 Å². The lowest BCUT2D eigenvalue weighted by molar-refractivity contribution is 0.0745. The summed E-state index contributed by atoms with van der Waals surface area (Å²) >= 11 is 5.19. The van der Waals surface area contributed by atoms with Gasteiger partial charge < -0.3 is 9.30 Å². The normalized spacial score (nSPS) is 29.5. The summed E-state index contributed by atoms with van der Waals surface area (Å²) in [6.45, 7) is 0.798. The van der Waals surface area contributed by atoms with E-state index in [2.05, 4.69) is 4.98 Å². The zero-order valence-corrected chi connectivity index (χ0v) is 9.70. The van der Waals surface area contributed by atoms with E-state index in [1.54, 1.807) is 6.20 Å². The van der Waals surface area contributed by atoms with Crippen molar-refractivity contribution in [2.45, 2.75) is 31.4 Å². The highest BCUT2D eigenvalue weighted by Crippen LogP contribution is 2.43. The fourth-order valence-corrected chi connectivity index (χ4v) is 2.76. The third-order valence-electron chi connectivity index (χ3n) is 3.40. The van der Waals surface area contributed by atoms with Gasteiger partial charge in [0, 0.05) is 18.9 Å². The van der Waals surface area contributed by atoms with Crippen molar-refractivity contribution in [1.82, 2.24) is 9.55 Å². The van der Waals surface area contributed by atoms with Crippen molar-refractivity contribution < 1.29 is 4.74 Å². The molecule has 3 rings (SSSR count). The van der Waals surface area contributed by atoms with Gasteiger partial charge in [-0.15, -0.1) is 0 Å². The van der Waals surface area contributed by atoms with Crippen LogP contribution in [0.25, 0.3) is 0 Å². The first kappa shape index (κ1) is 10.2. The molecule has 2 heterocycles. The van der Waals surface area contributed by atoms with Crippen LogP contribution < -0.4 is 5.56 Å². The Morgan fingerprint density at radius 1 is 1.44 bits per heavy atom. The quantitative estimate of drug-likeness (QED) is 0.797. The van der Waals surface area contributed by atoms with Gasteiger partial charge in [0.25, 0.3) is 5.56 Å². The third kappa shape index (κ3) is 1.74. The van der Waals surface area contributed by atoms with Crippen LogP contribution in [-0.2, 0) is 4.74 Å². The number of aromatic nitrogens is 2. The average Bonchev–Trinajstić information content (AvgIpc) is 2.98. The highest BCUT2D eigenvalue weighted by atomic mass is 32.1. The second-order valence-electron chi connectivity index (χ2n) is 4.55. The zero-order valence-electron chi connectivity index (χ0n) is 8.89. The first-order valence-electron chi connectivity index (χ1n) is 5.69. The SMILES string of the molecule is O=c1ccn(C2CCOC2C2CC2)c(=S)[nH]1. The van der Waals surface area contributed by atoms with Gasteiger partial charge >= 0.3 is 0 Å². The first-order valence-corrected chi connectivity index (χ1v) is 6.09. The molecular formula is C11H14N2O2S. The summed E-state index contributed by atoms with van der Waals surface area (Å²) in [4.78, 5) is 13.8. The molecule has 1 saturated carbocycles.